The summed E-state index contributed by atoms with van der Waals surface area (Å²) in [6.07, 6.45) is 6.70. The molecular formula is C24H28FN5O3S. The van der Waals surface area contributed by atoms with Gasteiger partial charge in [-0.3, -0.25) is 4.57 Å². The monoisotopic (exact) mass is 485 g/mol. The van der Waals surface area contributed by atoms with E-state index in [-0.39, 0.29) is 24.1 Å². The molecule has 1 N–H and O–H groups in total. The number of fused-ring (bicyclic) bond motifs is 2. The van der Waals surface area contributed by atoms with E-state index in [4.69, 9.17) is 14.2 Å². The van der Waals surface area contributed by atoms with E-state index in [0.29, 0.717) is 22.3 Å². The third-order valence-electron chi connectivity index (χ3n) is 6.69. The average Bonchev–Trinajstić information content (AvgIpc) is 3.58. The van der Waals surface area contributed by atoms with Crippen LogP contribution in [0.15, 0.2) is 41.8 Å². The van der Waals surface area contributed by atoms with Crippen molar-refractivity contribution in [3.05, 3.63) is 42.7 Å². The van der Waals surface area contributed by atoms with Gasteiger partial charge in [0.05, 0.1) is 12.4 Å². The third kappa shape index (κ3) is 4.06. The average molecular weight is 486 g/mol. The number of hydrogen-bond donors (Lipinski definition) is 1. The standard InChI is InChI=1S/C24H28FN5O3S/c1-24(2)32-19-16(11-34-17-10-6-5-9-15(17)25)31-23(20(19)33-24)30-13-28-18-21(26-12-27-22(18)30)29-14-7-3-4-8-14/h5-6,9-10,12-14,16,19-20,23H,3-4,7-8,11H2,1-2H3,(H,26,27,29)/t16-,19-,20-,23-/m1/s1. The molecule has 4 atom stereocenters. The summed E-state index contributed by atoms with van der Waals surface area (Å²) in [6, 6.07) is 7.19. The molecule has 3 aromatic rings. The zero-order valence-electron chi connectivity index (χ0n) is 19.2. The van der Waals surface area contributed by atoms with Gasteiger partial charge < -0.3 is 19.5 Å². The summed E-state index contributed by atoms with van der Waals surface area (Å²) in [5.74, 6) is 0.315. The molecule has 1 aromatic carbocycles. The van der Waals surface area contributed by atoms with Crippen LogP contribution in [-0.4, -0.2) is 55.4 Å². The molecule has 10 heteroatoms. The van der Waals surface area contributed by atoms with Gasteiger partial charge in [0, 0.05) is 16.7 Å². The van der Waals surface area contributed by atoms with Crippen molar-refractivity contribution in [2.24, 2.45) is 0 Å². The van der Waals surface area contributed by atoms with E-state index in [0.717, 1.165) is 24.2 Å². The van der Waals surface area contributed by atoms with Crippen LogP contribution in [0.25, 0.3) is 11.2 Å². The smallest absolute Gasteiger partial charge is 0.167 e. The van der Waals surface area contributed by atoms with Crippen LogP contribution in [-0.2, 0) is 14.2 Å². The molecule has 2 saturated heterocycles. The summed E-state index contributed by atoms with van der Waals surface area (Å²) < 4.78 is 35.0. The van der Waals surface area contributed by atoms with Gasteiger partial charge in [-0.15, -0.1) is 11.8 Å². The molecule has 34 heavy (non-hydrogen) atoms. The number of thioether (sulfide) groups is 1. The molecule has 2 aromatic heterocycles. The summed E-state index contributed by atoms with van der Waals surface area (Å²) >= 11 is 1.42. The van der Waals surface area contributed by atoms with Crippen molar-refractivity contribution < 1.29 is 18.6 Å². The highest BCUT2D eigenvalue weighted by Crippen LogP contribution is 2.45. The highest BCUT2D eigenvalue weighted by Gasteiger charge is 2.56. The van der Waals surface area contributed by atoms with Gasteiger partial charge in [-0.1, -0.05) is 25.0 Å². The lowest BCUT2D eigenvalue weighted by molar-refractivity contribution is -0.193. The molecule has 1 saturated carbocycles. The molecule has 2 aliphatic heterocycles. The molecule has 0 bridgehead atoms. The van der Waals surface area contributed by atoms with Gasteiger partial charge in [-0.2, -0.15) is 0 Å². The highest BCUT2D eigenvalue weighted by molar-refractivity contribution is 7.99. The molecule has 6 rings (SSSR count). The maximum absolute atomic E-state index is 14.2. The van der Waals surface area contributed by atoms with Crippen molar-refractivity contribution in [3.8, 4) is 0 Å². The van der Waals surface area contributed by atoms with Gasteiger partial charge in [-0.05, 0) is 38.8 Å². The van der Waals surface area contributed by atoms with Crippen molar-refractivity contribution in [1.82, 2.24) is 19.5 Å². The van der Waals surface area contributed by atoms with Crippen LogP contribution in [0.3, 0.4) is 0 Å². The van der Waals surface area contributed by atoms with Crippen molar-refractivity contribution in [2.45, 2.75) is 80.8 Å². The largest absolute Gasteiger partial charge is 0.365 e. The van der Waals surface area contributed by atoms with Gasteiger partial charge in [0.1, 0.15) is 24.4 Å². The van der Waals surface area contributed by atoms with E-state index in [1.807, 2.05) is 24.5 Å². The van der Waals surface area contributed by atoms with Crippen LogP contribution >= 0.6 is 11.8 Å². The zero-order chi connectivity index (χ0) is 23.3. The van der Waals surface area contributed by atoms with E-state index < -0.39 is 12.0 Å². The Bertz CT molecular complexity index is 1180. The second-order valence-electron chi connectivity index (χ2n) is 9.54. The summed E-state index contributed by atoms with van der Waals surface area (Å²) in [5, 5.41) is 3.54. The Kier molecular flexibility index (Phi) is 5.71. The van der Waals surface area contributed by atoms with E-state index >= 15 is 0 Å². The van der Waals surface area contributed by atoms with Gasteiger partial charge in [0.2, 0.25) is 0 Å². The molecular weight excluding hydrogens is 457 g/mol. The number of ether oxygens (including phenoxy) is 3. The van der Waals surface area contributed by atoms with Gasteiger partial charge in [0.15, 0.2) is 29.0 Å². The summed E-state index contributed by atoms with van der Waals surface area (Å²) in [5.41, 5.74) is 1.41. The molecule has 3 fully saturated rings. The Morgan fingerprint density at radius 2 is 1.91 bits per heavy atom. The fourth-order valence-corrected chi connectivity index (χ4v) is 6.15. The first kappa shape index (κ1) is 22.2. The van der Waals surface area contributed by atoms with E-state index in [1.54, 1.807) is 24.8 Å². The predicted octanol–water partition coefficient (Wildman–Crippen LogP) is 4.53. The number of halogens is 1. The second-order valence-corrected chi connectivity index (χ2v) is 10.6. The minimum Gasteiger partial charge on any atom is -0.365 e. The van der Waals surface area contributed by atoms with Crippen molar-refractivity contribution in [3.63, 3.8) is 0 Å². The molecule has 0 unspecified atom stereocenters. The molecule has 8 nitrogen and oxygen atoms in total. The predicted molar refractivity (Wildman–Crippen MR) is 126 cm³/mol. The van der Waals surface area contributed by atoms with Gasteiger partial charge in [-0.25, -0.2) is 19.3 Å². The number of benzene rings is 1. The Morgan fingerprint density at radius 1 is 1.12 bits per heavy atom. The first-order valence-corrected chi connectivity index (χ1v) is 12.8. The van der Waals surface area contributed by atoms with E-state index in [9.17, 15) is 4.39 Å². The van der Waals surface area contributed by atoms with Crippen LogP contribution in [0.2, 0.25) is 0 Å². The molecule has 4 heterocycles. The fraction of sp³-hybridized carbons (Fsp3) is 0.542. The normalized spacial score (nSPS) is 28.6. The van der Waals surface area contributed by atoms with E-state index in [1.165, 1.54) is 30.7 Å². The Balaban J connectivity index is 1.27. The quantitative estimate of drug-likeness (QED) is 0.510. The number of nitrogens with one attached hydrogen (secondary N) is 1. The minimum absolute atomic E-state index is 0.234. The van der Waals surface area contributed by atoms with E-state index in [2.05, 4.69) is 20.3 Å². The second kappa shape index (κ2) is 8.75. The lowest BCUT2D eigenvalue weighted by atomic mass is 10.1. The number of rotatable bonds is 6. The number of hydrogen-bond acceptors (Lipinski definition) is 8. The number of anilines is 1. The summed E-state index contributed by atoms with van der Waals surface area (Å²) in [6.45, 7) is 3.81. The number of aromatic nitrogens is 4. The molecule has 3 aliphatic rings. The van der Waals surface area contributed by atoms with Gasteiger partial charge in [0.25, 0.3) is 0 Å². The Labute approximate surface area is 201 Å². The highest BCUT2D eigenvalue weighted by atomic mass is 32.2. The van der Waals surface area contributed by atoms with Crippen LogP contribution in [0.1, 0.15) is 45.8 Å². The molecule has 180 valence electrons. The van der Waals surface area contributed by atoms with Crippen molar-refractivity contribution in [1.29, 1.82) is 0 Å². The van der Waals surface area contributed by atoms with Crippen molar-refractivity contribution >= 4 is 28.7 Å². The Hall–Kier alpha value is -2.27. The first-order chi connectivity index (χ1) is 16.5. The maximum atomic E-state index is 14.2. The molecule has 0 radical (unpaired) electrons. The van der Waals surface area contributed by atoms with Gasteiger partial charge >= 0.3 is 0 Å². The number of nitrogens with zero attached hydrogens (tertiary/aromatic N) is 4. The van der Waals surface area contributed by atoms with Crippen LogP contribution in [0.5, 0.6) is 0 Å². The third-order valence-corrected chi connectivity index (χ3v) is 7.83. The zero-order valence-corrected chi connectivity index (χ0v) is 20.0. The lowest BCUT2D eigenvalue weighted by Crippen LogP contribution is -2.31. The maximum Gasteiger partial charge on any atom is 0.167 e. The Morgan fingerprint density at radius 3 is 2.74 bits per heavy atom. The van der Waals surface area contributed by atoms with Crippen LogP contribution in [0, 0.1) is 5.82 Å². The summed E-state index contributed by atoms with van der Waals surface area (Å²) in [7, 11) is 0. The number of imidazole rings is 1. The molecule has 0 spiro atoms. The van der Waals surface area contributed by atoms with Crippen LogP contribution < -0.4 is 5.32 Å². The first-order valence-electron chi connectivity index (χ1n) is 11.8. The topological polar surface area (TPSA) is 83.3 Å². The lowest BCUT2D eigenvalue weighted by Gasteiger charge is -2.24. The molecule has 1 aliphatic carbocycles. The molecule has 0 amide bonds. The van der Waals surface area contributed by atoms with Crippen LogP contribution in [0.4, 0.5) is 10.2 Å². The fourth-order valence-electron chi connectivity index (χ4n) is 5.16. The van der Waals surface area contributed by atoms with Crippen molar-refractivity contribution in [2.75, 3.05) is 11.1 Å². The summed E-state index contributed by atoms with van der Waals surface area (Å²) in [4.78, 5) is 14.2. The minimum atomic E-state index is -0.737. The SMILES string of the molecule is CC1(C)O[C@@H]2[C@H](O1)[C@@H](CSc1ccccc1F)O[C@H]2n1cnc2c(NC3CCCC3)ncnc21.